The van der Waals surface area contributed by atoms with Crippen molar-refractivity contribution < 1.29 is 18.3 Å². The van der Waals surface area contributed by atoms with E-state index < -0.39 is 18.8 Å². The lowest BCUT2D eigenvalue weighted by atomic mass is 9.67. The number of hydrogen-bond donors (Lipinski definition) is 1. The van der Waals surface area contributed by atoms with E-state index in [1.54, 1.807) is 0 Å². The van der Waals surface area contributed by atoms with Gasteiger partial charge in [0.15, 0.2) is 0 Å². The fourth-order valence-corrected chi connectivity index (χ4v) is 3.40. The monoisotopic (exact) mass is 309 g/mol. The normalized spacial score (nSPS) is 28.1. The fourth-order valence-electron chi connectivity index (χ4n) is 3.40. The lowest BCUT2D eigenvalue weighted by Gasteiger charge is -2.45. The second-order valence-corrected chi connectivity index (χ2v) is 7.07. The quantitative estimate of drug-likeness (QED) is 0.794. The van der Waals surface area contributed by atoms with Crippen LogP contribution in [0.4, 0.5) is 13.2 Å². The Labute approximate surface area is 126 Å². The molecule has 0 bridgehead atoms. The van der Waals surface area contributed by atoms with Gasteiger partial charge in [0.1, 0.15) is 0 Å². The number of aliphatic hydroxyl groups excluding tert-OH is 1. The molecule has 1 fully saturated rings. The van der Waals surface area contributed by atoms with E-state index in [0.717, 1.165) is 12.8 Å². The lowest BCUT2D eigenvalue weighted by Crippen LogP contribution is -2.52. The Bertz CT molecular complexity index is 317. The molecule has 0 aromatic rings. The molecule has 1 saturated carbocycles. The van der Waals surface area contributed by atoms with Gasteiger partial charge in [-0.1, -0.05) is 34.1 Å². The van der Waals surface area contributed by atoms with Crippen LogP contribution in [0.3, 0.4) is 0 Å². The van der Waals surface area contributed by atoms with Crippen LogP contribution in [-0.4, -0.2) is 41.4 Å². The second kappa shape index (κ2) is 7.32. The second-order valence-electron chi connectivity index (χ2n) is 7.07. The van der Waals surface area contributed by atoms with Gasteiger partial charge in [0.2, 0.25) is 0 Å². The van der Waals surface area contributed by atoms with E-state index in [2.05, 4.69) is 20.8 Å². The molecule has 3 atom stereocenters. The van der Waals surface area contributed by atoms with E-state index in [0.29, 0.717) is 31.7 Å². The molecule has 0 aromatic heterocycles. The molecule has 0 spiro atoms. The zero-order valence-electron chi connectivity index (χ0n) is 13.7. The van der Waals surface area contributed by atoms with Gasteiger partial charge in [-0.3, -0.25) is 4.90 Å². The first-order chi connectivity index (χ1) is 9.60. The van der Waals surface area contributed by atoms with Crippen LogP contribution in [0, 0.1) is 11.3 Å². The van der Waals surface area contributed by atoms with E-state index in [1.807, 2.05) is 6.92 Å². The first kappa shape index (κ1) is 18.8. The third-order valence-corrected chi connectivity index (χ3v) is 5.16. The van der Waals surface area contributed by atoms with Gasteiger partial charge in [-0.25, -0.2) is 0 Å². The average Bonchev–Trinajstić information content (AvgIpc) is 2.37. The summed E-state index contributed by atoms with van der Waals surface area (Å²) in [7, 11) is 0. The smallest absolute Gasteiger partial charge is 0.391 e. The summed E-state index contributed by atoms with van der Waals surface area (Å²) in [5, 5.41) is 10.2. The molecule has 1 aliphatic carbocycles. The molecule has 21 heavy (non-hydrogen) atoms. The van der Waals surface area contributed by atoms with E-state index in [-0.39, 0.29) is 11.5 Å². The Morgan fingerprint density at radius 2 is 1.76 bits per heavy atom. The van der Waals surface area contributed by atoms with Crippen molar-refractivity contribution in [1.29, 1.82) is 0 Å². The van der Waals surface area contributed by atoms with Crippen LogP contribution >= 0.6 is 0 Å². The van der Waals surface area contributed by atoms with Crippen LogP contribution < -0.4 is 0 Å². The van der Waals surface area contributed by atoms with Gasteiger partial charge in [-0.05, 0) is 43.6 Å². The van der Waals surface area contributed by atoms with Gasteiger partial charge in [-0.2, -0.15) is 13.2 Å². The SMILES string of the molecule is CCCN(CC(F)(F)F)C1CC(C(C)(C)CC)CCC1O. The minimum Gasteiger partial charge on any atom is -0.391 e. The summed E-state index contributed by atoms with van der Waals surface area (Å²) >= 11 is 0. The predicted octanol–water partition coefficient (Wildman–Crippen LogP) is 4.23. The highest BCUT2D eigenvalue weighted by Crippen LogP contribution is 2.42. The number of halogens is 3. The van der Waals surface area contributed by atoms with Gasteiger partial charge in [0.05, 0.1) is 12.6 Å². The van der Waals surface area contributed by atoms with Crippen molar-refractivity contribution in [3.63, 3.8) is 0 Å². The Morgan fingerprint density at radius 1 is 1.14 bits per heavy atom. The Kier molecular flexibility index (Phi) is 6.54. The molecule has 0 saturated heterocycles. The van der Waals surface area contributed by atoms with Crippen molar-refractivity contribution >= 4 is 0 Å². The van der Waals surface area contributed by atoms with Crippen molar-refractivity contribution in [1.82, 2.24) is 4.90 Å². The van der Waals surface area contributed by atoms with Gasteiger partial charge < -0.3 is 5.11 Å². The molecule has 0 amide bonds. The van der Waals surface area contributed by atoms with Crippen LogP contribution in [0.5, 0.6) is 0 Å². The van der Waals surface area contributed by atoms with E-state index in [1.165, 1.54) is 4.90 Å². The maximum absolute atomic E-state index is 12.8. The highest BCUT2D eigenvalue weighted by atomic mass is 19.4. The summed E-state index contributed by atoms with van der Waals surface area (Å²) in [6, 6.07) is -0.365. The van der Waals surface area contributed by atoms with Crippen LogP contribution in [0.15, 0.2) is 0 Å². The highest BCUT2D eigenvalue weighted by Gasteiger charge is 2.41. The summed E-state index contributed by atoms with van der Waals surface area (Å²) in [6.07, 6.45) is -0.987. The molecule has 0 radical (unpaired) electrons. The summed E-state index contributed by atoms with van der Waals surface area (Å²) in [4.78, 5) is 1.45. The third-order valence-electron chi connectivity index (χ3n) is 5.16. The molecule has 126 valence electrons. The van der Waals surface area contributed by atoms with E-state index in [4.69, 9.17) is 0 Å². The van der Waals surface area contributed by atoms with Gasteiger partial charge in [0, 0.05) is 6.04 Å². The summed E-state index contributed by atoms with van der Waals surface area (Å²) in [6.45, 7) is 7.84. The maximum Gasteiger partial charge on any atom is 0.401 e. The Hall–Kier alpha value is -0.290. The summed E-state index contributed by atoms with van der Waals surface area (Å²) in [5.41, 5.74) is 0.120. The molecular weight excluding hydrogens is 279 g/mol. The molecule has 0 aliphatic heterocycles. The van der Waals surface area contributed by atoms with Gasteiger partial charge in [-0.15, -0.1) is 0 Å². The highest BCUT2D eigenvalue weighted by molar-refractivity contribution is 4.92. The molecule has 0 aromatic carbocycles. The minimum atomic E-state index is -4.21. The number of hydrogen-bond acceptors (Lipinski definition) is 2. The van der Waals surface area contributed by atoms with Crippen molar-refractivity contribution in [3.8, 4) is 0 Å². The number of rotatable bonds is 6. The maximum atomic E-state index is 12.8. The molecule has 2 nitrogen and oxygen atoms in total. The number of alkyl halides is 3. The lowest BCUT2D eigenvalue weighted by molar-refractivity contribution is -0.160. The summed E-state index contributed by atoms with van der Waals surface area (Å²) in [5.74, 6) is 0.378. The van der Waals surface area contributed by atoms with E-state index >= 15 is 0 Å². The van der Waals surface area contributed by atoms with Gasteiger partial charge >= 0.3 is 6.18 Å². The number of nitrogens with zero attached hydrogens (tertiary/aromatic N) is 1. The third kappa shape index (κ3) is 5.44. The van der Waals surface area contributed by atoms with Crippen molar-refractivity contribution in [3.05, 3.63) is 0 Å². The van der Waals surface area contributed by atoms with Gasteiger partial charge in [0.25, 0.3) is 0 Å². The molecule has 0 heterocycles. The Balaban J connectivity index is 2.84. The first-order valence-corrected chi connectivity index (χ1v) is 8.09. The van der Waals surface area contributed by atoms with Crippen molar-refractivity contribution in [2.75, 3.05) is 13.1 Å². The Morgan fingerprint density at radius 3 is 2.24 bits per heavy atom. The largest absolute Gasteiger partial charge is 0.401 e. The number of aliphatic hydroxyl groups is 1. The predicted molar refractivity (Wildman–Crippen MR) is 79.1 cm³/mol. The van der Waals surface area contributed by atoms with Crippen LogP contribution in [-0.2, 0) is 0 Å². The average molecular weight is 309 g/mol. The molecule has 1 aliphatic rings. The molecular formula is C16H30F3NO. The first-order valence-electron chi connectivity index (χ1n) is 8.09. The van der Waals surface area contributed by atoms with Crippen LogP contribution in [0.2, 0.25) is 0 Å². The standard InChI is InChI=1S/C16H30F3NO/c1-5-9-20(11-16(17,18)19)13-10-12(7-8-14(13)21)15(3,4)6-2/h12-14,21H,5-11H2,1-4H3. The van der Waals surface area contributed by atoms with Crippen LogP contribution in [0.1, 0.15) is 59.8 Å². The zero-order valence-corrected chi connectivity index (χ0v) is 13.7. The molecule has 3 unspecified atom stereocenters. The van der Waals surface area contributed by atoms with Crippen molar-refractivity contribution in [2.24, 2.45) is 11.3 Å². The fraction of sp³-hybridized carbons (Fsp3) is 1.00. The topological polar surface area (TPSA) is 23.5 Å². The minimum absolute atomic E-state index is 0.120. The van der Waals surface area contributed by atoms with Crippen LogP contribution in [0.25, 0.3) is 0 Å². The molecule has 1 N–H and O–H groups in total. The molecule has 5 heteroatoms. The molecule has 1 rings (SSSR count). The van der Waals surface area contributed by atoms with E-state index in [9.17, 15) is 18.3 Å². The zero-order chi connectivity index (χ0) is 16.3. The van der Waals surface area contributed by atoms with Crippen molar-refractivity contribution in [2.45, 2.75) is 78.1 Å². The summed E-state index contributed by atoms with van der Waals surface area (Å²) < 4.78 is 38.4.